The molecule has 0 saturated carbocycles. The summed E-state index contributed by atoms with van der Waals surface area (Å²) >= 11 is 1.27. The lowest BCUT2D eigenvalue weighted by atomic mass is 9.99. The van der Waals surface area contributed by atoms with Crippen LogP contribution in [-0.4, -0.2) is 46.3 Å². The monoisotopic (exact) mass is 375 g/mol. The number of fused-ring (bicyclic) bond motifs is 1. The molecule has 1 aromatic carbocycles. The molecule has 2 unspecified atom stereocenters. The lowest BCUT2D eigenvalue weighted by Crippen LogP contribution is -2.47. The molecule has 2 saturated heterocycles. The summed E-state index contributed by atoms with van der Waals surface area (Å²) in [4.78, 5) is 14.8. The van der Waals surface area contributed by atoms with Gasteiger partial charge in [-0.1, -0.05) is 36.0 Å². The molecule has 0 spiro atoms. The lowest BCUT2D eigenvalue weighted by Gasteiger charge is -2.32. The molecular formula is C18H22FN5OS. The molecule has 2 amide bonds. The standard InChI is InChI=1S/C18H22FN5OS/c19-13-6-2-1-5-12(13)11-16-22-23-18(26-16)21-17(25)20-14-8-10-24-9-4-3-7-15(14)24/h1-2,5-6,14-15H,3-4,7-11H2,(H2,20,21,23,25). The minimum Gasteiger partial charge on any atom is -0.333 e. The maximum absolute atomic E-state index is 13.7. The normalized spacial score (nSPS) is 22.8. The Morgan fingerprint density at radius 1 is 1.23 bits per heavy atom. The Labute approximate surface area is 155 Å². The van der Waals surface area contributed by atoms with Crippen LogP contribution in [0, 0.1) is 5.82 Å². The molecule has 26 heavy (non-hydrogen) atoms. The first-order valence-corrected chi connectivity index (χ1v) is 9.88. The van der Waals surface area contributed by atoms with Crippen molar-refractivity contribution in [2.45, 2.75) is 44.2 Å². The number of nitrogens with zero attached hydrogens (tertiary/aromatic N) is 3. The third kappa shape index (κ3) is 3.86. The summed E-state index contributed by atoms with van der Waals surface area (Å²) in [5.41, 5.74) is 0.572. The van der Waals surface area contributed by atoms with E-state index in [0.717, 1.165) is 25.9 Å². The highest BCUT2D eigenvalue weighted by Crippen LogP contribution is 2.27. The number of rotatable bonds is 4. The highest BCUT2D eigenvalue weighted by Gasteiger charge is 2.36. The average Bonchev–Trinajstić information content (AvgIpc) is 3.24. The van der Waals surface area contributed by atoms with E-state index in [9.17, 15) is 9.18 Å². The average molecular weight is 375 g/mol. The smallest absolute Gasteiger partial charge is 0.321 e. The number of halogens is 1. The SMILES string of the molecule is O=C(Nc1nnc(Cc2ccccc2F)s1)NC1CCN2CCCCC12. The highest BCUT2D eigenvalue weighted by atomic mass is 32.1. The van der Waals surface area contributed by atoms with Crippen molar-refractivity contribution in [1.29, 1.82) is 0 Å². The van der Waals surface area contributed by atoms with Crippen LogP contribution in [0.25, 0.3) is 0 Å². The van der Waals surface area contributed by atoms with E-state index in [0.29, 0.717) is 28.2 Å². The van der Waals surface area contributed by atoms with Gasteiger partial charge in [0.15, 0.2) is 0 Å². The molecule has 2 fully saturated rings. The van der Waals surface area contributed by atoms with E-state index in [1.165, 1.54) is 30.2 Å². The van der Waals surface area contributed by atoms with Gasteiger partial charge in [0.1, 0.15) is 10.8 Å². The Morgan fingerprint density at radius 2 is 2.12 bits per heavy atom. The van der Waals surface area contributed by atoms with Crippen LogP contribution in [0.1, 0.15) is 36.3 Å². The summed E-state index contributed by atoms with van der Waals surface area (Å²) < 4.78 is 13.7. The van der Waals surface area contributed by atoms with Crippen molar-refractivity contribution < 1.29 is 9.18 Å². The molecule has 2 aliphatic rings. The van der Waals surface area contributed by atoms with E-state index in [1.54, 1.807) is 18.2 Å². The molecule has 2 aromatic rings. The van der Waals surface area contributed by atoms with Gasteiger partial charge in [0, 0.05) is 25.0 Å². The number of nitrogens with one attached hydrogen (secondary N) is 2. The van der Waals surface area contributed by atoms with Gasteiger partial charge in [-0.2, -0.15) is 0 Å². The van der Waals surface area contributed by atoms with E-state index in [4.69, 9.17) is 0 Å². The molecule has 3 heterocycles. The van der Waals surface area contributed by atoms with Gasteiger partial charge in [-0.25, -0.2) is 9.18 Å². The fraction of sp³-hybridized carbons (Fsp3) is 0.500. The van der Waals surface area contributed by atoms with E-state index in [2.05, 4.69) is 25.7 Å². The van der Waals surface area contributed by atoms with Crippen LogP contribution in [-0.2, 0) is 6.42 Å². The van der Waals surface area contributed by atoms with Gasteiger partial charge in [-0.15, -0.1) is 10.2 Å². The first kappa shape index (κ1) is 17.4. The van der Waals surface area contributed by atoms with Crippen LogP contribution in [0.15, 0.2) is 24.3 Å². The van der Waals surface area contributed by atoms with Crippen LogP contribution in [0.5, 0.6) is 0 Å². The molecule has 4 rings (SSSR count). The van der Waals surface area contributed by atoms with Crippen LogP contribution >= 0.6 is 11.3 Å². The summed E-state index contributed by atoms with van der Waals surface area (Å²) in [6.07, 6.45) is 5.00. The summed E-state index contributed by atoms with van der Waals surface area (Å²) in [6, 6.07) is 7.03. The molecule has 0 bridgehead atoms. The van der Waals surface area contributed by atoms with Gasteiger partial charge in [-0.05, 0) is 37.4 Å². The van der Waals surface area contributed by atoms with E-state index in [-0.39, 0.29) is 17.9 Å². The maximum atomic E-state index is 13.7. The zero-order chi connectivity index (χ0) is 17.9. The Kier molecular flexibility index (Phi) is 5.12. The van der Waals surface area contributed by atoms with Gasteiger partial charge >= 0.3 is 6.03 Å². The van der Waals surface area contributed by atoms with Gasteiger partial charge < -0.3 is 5.32 Å². The predicted octanol–water partition coefficient (Wildman–Crippen LogP) is 3.02. The van der Waals surface area contributed by atoms with E-state index in [1.807, 2.05) is 0 Å². The number of carbonyl (C=O) groups is 1. The van der Waals surface area contributed by atoms with Crippen molar-refractivity contribution in [1.82, 2.24) is 20.4 Å². The second-order valence-corrected chi connectivity index (χ2v) is 7.92. The van der Waals surface area contributed by atoms with Crippen molar-refractivity contribution in [2.75, 3.05) is 18.4 Å². The molecule has 138 valence electrons. The van der Waals surface area contributed by atoms with E-state index < -0.39 is 0 Å². The molecule has 2 atom stereocenters. The summed E-state index contributed by atoms with van der Waals surface area (Å²) in [5.74, 6) is -0.256. The maximum Gasteiger partial charge on any atom is 0.321 e. The molecule has 0 aliphatic carbocycles. The van der Waals surface area contributed by atoms with Gasteiger partial charge in [0.25, 0.3) is 0 Å². The van der Waals surface area contributed by atoms with Crippen molar-refractivity contribution in [3.8, 4) is 0 Å². The minimum absolute atomic E-state index is 0.195. The molecule has 2 aliphatic heterocycles. The number of urea groups is 1. The van der Waals surface area contributed by atoms with Crippen molar-refractivity contribution in [3.05, 3.63) is 40.7 Å². The lowest BCUT2D eigenvalue weighted by molar-refractivity contribution is 0.180. The number of benzene rings is 1. The molecule has 1 aromatic heterocycles. The van der Waals surface area contributed by atoms with Crippen molar-refractivity contribution in [3.63, 3.8) is 0 Å². The fourth-order valence-electron chi connectivity index (χ4n) is 3.90. The number of amides is 2. The summed E-state index contributed by atoms with van der Waals surface area (Å²) in [7, 11) is 0. The Balaban J connectivity index is 1.32. The number of hydrogen-bond donors (Lipinski definition) is 2. The molecule has 2 N–H and O–H groups in total. The number of hydrogen-bond acceptors (Lipinski definition) is 5. The zero-order valence-corrected chi connectivity index (χ0v) is 15.3. The molecule has 0 radical (unpaired) electrons. The van der Waals surface area contributed by atoms with Gasteiger partial charge in [0.05, 0.1) is 0 Å². The van der Waals surface area contributed by atoms with Crippen molar-refractivity contribution >= 4 is 22.5 Å². The Morgan fingerprint density at radius 3 is 3.00 bits per heavy atom. The largest absolute Gasteiger partial charge is 0.333 e. The summed E-state index contributed by atoms with van der Waals surface area (Å²) in [5, 5.41) is 15.0. The number of anilines is 1. The number of piperidine rings is 1. The number of aromatic nitrogens is 2. The minimum atomic E-state index is -0.256. The first-order chi connectivity index (χ1) is 12.7. The van der Waals surface area contributed by atoms with Gasteiger partial charge in [-0.3, -0.25) is 10.2 Å². The molecular weight excluding hydrogens is 353 g/mol. The van der Waals surface area contributed by atoms with Crippen LogP contribution in [0.4, 0.5) is 14.3 Å². The third-order valence-electron chi connectivity index (χ3n) is 5.16. The predicted molar refractivity (Wildman–Crippen MR) is 98.9 cm³/mol. The molecule has 8 heteroatoms. The van der Waals surface area contributed by atoms with Crippen LogP contribution < -0.4 is 10.6 Å². The first-order valence-electron chi connectivity index (χ1n) is 9.06. The van der Waals surface area contributed by atoms with Crippen LogP contribution in [0.3, 0.4) is 0 Å². The zero-order valence-electron chi connectivity index (χ0n) is 14.4. The second kappa shape index (κ2) is 7.67. The second-order valence-electron chi connectivity index (χ2n) is 6.86. The number of carbonyl (C=O) groups excluding carboxylic acids is 1. The van der Waals surface area contributed by atoms with Gasteiger partial charge in [0.2, 0.25) is 5.13 Å². The quantitative estimate of drug-likeness (QED) is 0.862. The van der Waals surface area contributed by atoms with Crippen molar-refractivity contribution in [2.24, 2.45) is 0 Å². The third-order valence-corrected chi connectivity index (χ3v) is 6.00. The Bertz CT molecular complexity index is 782. The Hall–Kier alpha value is -2.06. The fourth-order valence-corrected chi connectivity index (χ4v) is 4.66. The highest BCUT2D eigenvalue weighted by molar-refractivity contribution is 7.15. The van der Waals surface area contributed by atoms with E-state index >= 15 is 0 Å². The topological polar surface area (TPSA) is 70.1 Å². The van der Waals surface area contributed by atoms with Crippen LogP contribution in [0.2, 0.25) is 0 Å². The molecule has 6 nitrogen and oxygen atoms in total. The summed E-state index contributed by atoms with van der Waals surface area (Å²) in [6.45, 7) is 2.20.